The Labute approximate surface area is 135 Å². The van der Waals surface area contributed by atoms with Gasteiger partial charge >= 0.3 is 0 Å². The number of hydrogen-bond acceptors (Lipinski definition) is 4. The van der Waals surface area contributed by atoms with Crippen molar-refractivity contribution >= 4 is 22.9 Å². The van der Waals surface area contributed by atoms with E-state index < -0.39 is 0 Å². The van der Waals surface area contributed by atoms with Crippen LogP contribution in [-0.2, 0) is 6.54 Å². The molecular formula is C16H21ClN2OS. The van der Waals surface area contributed by atoms with Gasteiger partial charge in [0.05, 0.1) is 11.4 Å². The number of likely N-dealkylation sites (N-methyl/N-ethyl adjacent to an activating group) is 1. The van der Waals surface area contributed by atoms with E-state index in [0.717, 1.165) is 22.2 Å². The van der Waals surface area contributed by atoms with Gasteiger partial charge in [-0.2, -0.15) is 0 Å². The molecule has 1 aromatic carbocycles. The van der Waals surface area contributed by atoms with Gasteiger partial charge in [-0.15, -0.1) is 11.3 Å². The van der Waals surface area contributed by atoms with E-state index in [0.29, 0.717) is 6.54 Å². The van der Waals surface area contributed by atoms with Crippen LogP contribution >= 0.6 is 22.9 Å². The maximum Gasteiger partial charge on any atom is 0.121 e. The average Bonchev–Trinajstić information content (AvgIpc) is 2.85. The summed E-state index contributed by atoms with van der Waals surface area (Å²) >= 11 is 7.60. The second-order valence-corrected chi connectivity index (χ2v) is 6.90. The van der Waals surface area contributed by atoms with Gasteiger partial charge < -0.3 is 10.5 Å². The number of rotatable bonds is 6. The van der Waals surface area contributed by atoms with Crippen LogP contribution in [0.5, 0.6) is 5.75 Å². The first kappa shape index (κ1) is 16.3. The number of aryl methyl sites for hydroxylation is 1. The monoisotopic (exact) mass is 324 g/mol. The molecule has 2 N–H and O–H groups in total. The Morgan fingerprint density at radius 1 is 1.33 bits per heavy atom. The van der Waals surface area contributed by atoms with Crippen LogP contribution in [0.2, 0.25) is 4.34 Å². The van der Waals surface area contributed by atoms with Crippen LogP contribution in [0, 0.1) is 6.92 Å². The van der Waals surface area contributed by atoms with Crippen LogP contribution in [0.4, 0.5) is 0 Å². The minimum atomic E-state index is 0.176. The predicted molar refractivity (Wildman–Crippen MR) is 90.3 cm³/mol. The van der Waals surface area contributed by atoms with Gasteiger partial charge in [0.1, 0.15) is 5.75 Å². The molecule has 0 radical (unpaired) electrons. The number of methoxy groups -OCH3 is 1. The quantitative estimate of drug-likeness (QED) is 0.877. The fraction of sp³-hybridized carbons (Fsp3) is 0.375. The first-order valence-corrected chi connectivity index (χ1v) is 8.03. The van der Waals surface area contributed by atoms with E-state index >= 15 is 0 Å². The summed E-state index contributed by atoms with van der Waals surface area (Å²) in [4.78, 5) is 3.50. The smallest absolute Gasteiger partial charge is 0.121 e. The summed E-state index contributed by atoms with van der Waals surface area (Å²) in [5, 5.41) is 0. The fourth-order valence-corrected chi connectivity index (χ4v) is 3.62. The normalized spacial score (nSPS) is 12.7. The zero-order valence-corrected chi connectivity index (χ0v) is 14.2. The van der Waals surface area contributed by atoms with Crippen molar-refractivity contribution < 1.29 is 4.74 Å². The molecule has 0 aliphatic rings. The molecule has 0 amide bonds. The second kappa shape index (κ2) is 7.27. The van der Waals surface area contributed by atoms with Crippen molar-refractivity contribution in [1.29, 1.82) is 0 Å². The second-order valence-electron chi connectivity index (χ2n) is 5.10. The first-order chi connectivity index (χ1) is 10.0. The molecule has 0 spiro atoms. The van der Waals surface area contributed by atoms with Crippen LogP contribution in [0.25, 0.3) is 0 Å². The standard InChI is InChI=1S/C16H21ClN2OS/c1-11-8-12(4-6-15(11)20-3)14(9-18)19(2)10-13-5-7-16(17)21-13/h4-8,14H,9-10,18H2,1-3H3. The predicted octanol–water partition coefficient (Wildman–Crippen LogP) is 3.85. The summed E-state index contributed by atoms with van der Waals surface area (Å²) < 4.78 is 6.14. The Morgan fingerprint density at radius 3 is 2.62 bits per heavy atom. The first-order valence-electron chi connectivity index (χ1n) is 6.84. The van der Waals surface area contributed by atoms with Crippen molar-refractivity contribution in [2.45, 2.75) is 19.5 Å². The summed E-state index contributed by atoms with van der Waals surface area (Å²) in [5.41, 5.74) is 8.32. The summed E-state index contributed by atoms with van der Waals surface area (Å²) in [7, 11) is 3.78. The third-order valence-corrected chi connectivity index (χ3v) is 4.81. The molecule has 0 aliphatic carbocycles. The van der Waals surface area contributed by atoms with Gasteiger partial charge in [0.25, 0.3) is 0 Å². The number of hydrogen-bond donors (Lipinski definition) is 1. The minimum absolute atomic E-state index is 0.176. The van der Waals surface area contributed by atoms with Crippen LogP contribution in [0.15, 0.2) is 30.3 Å². The van der Waals surface area contributed by atoms with E-state index in [-0.39, 0.29) is 6.04 Å². The van der Waals surface area contributed by atoms with E-state index in [1.165, 1.54) is 10.4 Å². The van der Waals surface area contributed by atoms with Gasteiger partial charge in [-0.05, 0) is 43.3 Å². The van der Waals surface area contributed by atoms with E-state index in [4.69, 9.17) is 22.1 Å². The molecule has 1 heterocycles. The van der Waals surface area contributed by atoms with Crippen molar-refractivity contribution in [3.8, 4) is 5.75 Å². The Morgan fingerprint density at radius 2 is 2.10 bits per heavy atom. The topological polar surface area (TPSA) is 38.5 Å². The molecule has 114 valence electrons. The van der Waals surface area contributed by atoms with Gasteiger partial charge in [0.2, 0.25) is 0 Å². The van der Waals surface area contributed by atoms with Gasteiger partial charge in [-0.3, -0.25) is 4.90 Å². The minimum Gasteiger partial charge on any atom is -0.496 e. The Balaban J connectivity index is 2.16. The van der Waals surface area contributed by atoms with Crippen molar-refractivity contribution in [3.05, 3.63) is 50.7 Å². The summed E-state index contributed by atoms with van der Waals surface area (Å²) in [6, 6.07) is 10.4. The fourth-order valence-electron chi connectivity index (χ4n) is 2.47. The van der Waals surface area contributed by atoms with Crippen LogP contribution < -0.4 is 10.5 Å². The summed E-state index contributed by atoms with van der Waals surface area (Å²) in [5.74, 6) is 0.905. The molecule has 0 aliphatic heterocycles. The van der Waals surface area contributed by atoms with Crippen molar-refractivity contribution in [1.82, 2.24) is 4.90 Å². The molecule has 5 heteroatoms. The molecule has 1 aromatic heterocycles. The molecule has 0 saturated carbocycles. The Bertz CT molecular complexity index is 600. The van der Waals surface area contributed by atoms with E-state index in [9.17, 15) is 0 Å². The summed E-state index contributed by atoms with van der Waals surface area (Å²) in [6.45, 7) is 3.46. The summed E-state index contributed by atoms with van der Waals surface area (Å²) in [6.07, 6.45) is 0. The van der Waals surface area contributed by atoms with E-state index in [1.54, 1.807) is 18.4 Å². The number of thiophene rings is 1. The lowest BCUT2D eigenvalue weighted by Gasteiger charge is -2.27. The van der Waals surface area contributed by atoms with Crippen LogP contribution in [0.3, 0.4) is 0 Å². The molecule has 2 rings (SSSR count). The lowest BCUT2D eigenvalue weighted by molar-refractivity contribution is 0.243. The van der Waals surface area contributed by atoms with Gasteiger partial charge in [0.15, 0.2) is 0 Å². The molecule has 0 saturated heterocycles. The van der Waals surface area contributed by atoms with Crippen LogP contribution in [-0.4, -0.2) is 25.6 Å². The zero-order valence-electron chi connectivity index (χ0n) is 12.6. The number of halogens is 1. The number of nitrogens with two attached hydrogens (primary N) is 1. The SMILES string of the molecule is COc1ccc(C(CN)N(C)Cc2ccc(Cl)s2)cc1C. The maximum atomic E-state index is 5.99. The third kappa shape index (κ3) is 3.98. The van der Waals surface area contributed by atoms with Crippen molar-refractivity contribution in [2.75, 3.05) is 20.7 Å². The van der Waals surface area contributed by atoms with E-state index in [1.807, 2.05) is 12.1 Å². The van der Waals surface area contributed by atoms with Gasteiger partial charge in [-0.25, -0.2) is 0 Å². The van der Waals surface area contributed by atoms with Gasteiger partial charge in [-0.1, -0.05) is 23.7 Å². The lowest BCUT2D eigenvalue weighted by atomic mass is 10.0. The molecule has 21 heavy (non-hydrogen) atoms. The van der Waals surface area contributed by atoms with Crippen molar-refractivity contribution in [3.63, 3.8) is 0 Å². The van der Waals surface area contributed by atoms with Gasteiger partial charge in [0, 0.05) is 24.0 Å². The number of benzene rings is 1. The molecule has 1 unspecified atom stereocenters. The lowest BCUT2D eigenvalue weighted by Crippen LogP contribution is -2.30. The average molecular weight is 325 g/mol. The van der Waals surface area contributed by atoms with E-state index in [2.05, 4.69) is 37.1 Å². The highest BCUT2D eigenvalue weighted by molar-refractivity contribution is 7.16. The maximum absolute atomic E-state index is 5.99. The highest BCUT2D eigenvalue weighted by atomic mass is 35.5. The zero-order chi connectivity index (χ0) is 15.4. The van der Waals surface area contributed by atoms with Crippen LogP contribution in [0.1, 0.15) is 22.0 Å². The molecule has 0 bridgehead atoms. The molecular weight excluding hydrogens is 304 g/mol. The highest BCUT2D eigenvalue weighted by Crippen LogP contribution is 2.28. The highest BCUT2D eigenvalue weighted by Gasteiger charge is 2.17. The Hall–Kier alpha value is -1.07. The molecule has 3 nitrogen and oxygen atoms in total. The molecule has 1 atom stereocenters. The number of nitrogens with zero attached hydrogens (tertiary/aromatic N) is 1. The van der Waals surface area contributed by atoms with Crippen molar-refractivity contribution in [2.24, 2.45) is 5.73 Å². The Kier molecular flexibility index (Phi) is 5.65. The third-order valence-electron chi connectivity index (χ3n) is 3.59. The molecule has 2 aromatic rings. The molecule has 0 fully saturated rings. The number of ether oxygens (including phenoxy) is 1. The largest absolute Gasteiger partial charge is 0.496 e.